The van der Waals surface area contributed by atoms with Crippen LogP contribution in [-0.4, -0.2) is 124 Å². The standard InChI is InChI=1S/C21H12Cl3N3O5S.C19H19N3O5S2.C17H15N3O3S.C16H12N2O4S.C15H10Cl2N2O2S/c22-15-9-13(6-7-19(15)27(28)29)32-21-16(23)10-14(11-17(21)24)33(30,31)26-18-5-1-3-12-4-2-8-25-20(12)18;23-28(24,21-18-5-1-3-15-4-2-10-20-19(15)18)16-6-8-17(9-7-16)29(25,26)22-11-13-27-14-12-22;1-12(21)19-14-7-9-15(10-8-14)24(22,23)20-16-6-2-4-13-5-3-11-18-17(13)16;19-23(20,12-6-7-14-15(9-12)22-10-21-14)18-13-5-1-3-11-4-2-8-17-16(11)13;16-12-7-6-11(9-13(12)17)22(20,21)19-14-5-1-3-10-4-2-8-18-15(10)14/h1-11,26H;1-10,21H,11-14H2;2-11,20H,1H3,(H,19,21);1-9,18H,10H2;1-9,19H. The number of halogens is 5. The average molecular weight is 1980 g/mol. The number of ether oxygens (including phenoxy) is 4. The maximum Gasteiger partial charge on any atom is 0.288 e. The highest BCUT2D eigenvalue weighted by molar-refractivity contribution is 7.94. The monoisotopic (exact) mass is 1980 g/mol. The Kier molecular flexibility index (Phi) is 29.0. The Morgan fingerprint density at radius 3 is 1.11 bits per heavy atom. The molecule has 1 saturated heterocycles. The molecule has 131 heavy (non-hydrogen) atoms. The van der Waals surface area contributed by atoms with E-state index in [1.165, 1.54) is 120 Å². The van der Waals surface area contributed by atoms with E-state index in [1.54, 1.807) is 128 Å². The summed E-state index contributed by atoms with van der Waals surface area (Å²) in [5, 5.41) is 17.8. The summed E-state index contributed by atoms with van der Waals surface area (Å²) in [5.41, 5.74) is 4.91. The van der Waals surface area contributed by atoms with Crippen LogP contribution in [0, 0.1) is 10.1 Å². The fourth-order valence-corrected chi connectivity index (χ4v) is 21.0. The quantitative estimate of drug-likeness (QED) is 0.0287. The number of nitrogens with zero attached hydrogens (tertiary/aromatic N) is 7. The molecule has 43 heteroatoms. The first-order valence-electron chi connectivity index (χ1n) is 38.4. The first-order valence-corrected chi connectivity index (χ1v) is 49.2. The molecule has 6 N–H and O–H groups in total. The molecule has 18 rings (SSSR count). The number of nitro groups is 1. The number of carbonyl (C=O) groups excluding carboxylic acids is 1. The Morgan fingerprint density at radius 1 is 0.374 bits per heavy atom. The van der Waals surface area contributed by atoms with Gasteiger partial charge in [-0.2, -0.15) is 4.31 Å². The number of sulfonamides is 6. The number of hydrogen-bond acceptors (Lipinski definition) is 24. The number of morpholine rings is 1. The molecule has 0 spiro atoms. The third-order valence-corrected chi connectivity index (χ3v) is 29.4. The van der Waals surface area contributed by atoms with Crippen LogP contribution in [0.5, 0.6) is 23.0 Å². The zero-order valence-corrected chi connectivity index (χ0v) is 76.2. The number of amides is 1. The van der Waals surface area contributed by atoms with Crippen LogP contribution in [0.15, 0.2) is 327 Å². The van der Waals surface area contributed by atoms with E-state index in [2.05, 4.69) is 53.8 Å². The number of fused-ring (bicyclic) bond motifs is 6. The molecule has 0 radical (unpaired) electrons. The lowest BCUT2D eigenvalue weighted by Gasteiger charge is -2.26. The molecule has 0 saturated carbocycles. The van der Waals surface area contributed by atoms with Crippen LogP contribution in [0.4, 0.5) is 39.8 Å². The number of aromatic nitrogens is 5. The highest BCUT2D eigenvalue weighted by atomic mass is 35.5. The van der Waals surface area contributed by atoms with Crippen LogP contribution in [-0.2, 0) is 69.7 Å². The molecule has 0 atom stereocenters. The van der Waals surface area contributed by atoms with E-state index in [0.29, 0.717) is 91.4 Å². The van der Waals surface area contributed by atoms with Crippen LogP contribution in [0.3, 0.4) is 0 Å². The largest absolute Gasteiger partial charge is 0.454 e. The topological polar surface area (TPSA) is 442 Å². The predicted molar refractivity (Wildman–Crippen MR) is 503 cm³/mol. The Balaban J connectivity index is 0.000000133. The number of nitrogens with one attached hydrogen (secondary N) is 6. The second-order valence-electron chi connectivity index (χ2n) is 27.9. The number of hydrogen-bond donors (Lipinski definition) is 6. The van der Waals surface area contributed by atoms with Crippen molar-refractivity contribution in [3.63, 3.8) is 0 Å². The van der Waals surface area contributed by atoms with Crippen LogP contribution in [0.2, 0.25) is 25.1 Å². The molecule has 5 aromatic heterocycles. The molecule has 670 valence electrons. The molecule has 11 aromatic carbocycles. The highest BCUT2D eigenvalue weighted by Crippen LogP contribution is 2.42. The summed E-state index contributed by atoms with van der Waals surface area (Å²) in [5.74, 6) is 0.837. The molecule has 7 heterocycles. The Bertz CT molecular complexity index is 7780. The first-order chi connectivity index (χ1) is 62.6. The van der Waals surface area contributed by atoms with Crippen molar-refractivity contribution in [2.45, 2.75) is 36.3 Å². The van der Waals surface area contributed by atoms with Gasteiger partial charge >= 0.3 is 0 Å². The van der Waals surface area contributed by atoms with Gasteiger partial charge in [-0.3, -0.25) is 63.4 Å². The number of pyridine rings is 5. The van der Waals surface area contributed by atoms with Crippen molar-refractivity contribution in [1.29, 1.82) is 0 Å². The number of carbonyl (C=O) groups is 1. The Labute approximate surface area is 774 Å². The zero-order chi connectivity index (χ0) is 93.0. The van der Waals surface area contributed by atoms with Gasteiger partial charge in [-0.1, -0.05) is 149 Å². The molecule has 0 bridgehead atoms. The van der Waals surface area contributed by atoms with Gasteiger partial charge in [0, 0.05) is 102 Å². The van der Waals surface area contributed by atoms with Crippen molar-refractivity contribution in [1.82, 2.24) is 29.2 Å². The van der Waals surface area contributed by atoms with Gasteiger partial charge in [0.2, 0.25) is 22.7 Å². The fourth-order valence-electron chi connectivity index (χ4n) is 12.9. The van der Waals surface area contributed by atoms with E-state index < -0.39 is 65.1 Å². The van der Waals surface area contributed by atoms with Gasteiger partial charge in [-0.05, 0) is 158 Å². The molecule has 2 aliphatic rings. The van der Waals surface area contributed by atoms with Crippen LogP contribution in [0.25, 0.3) is 54.5 Å². The Hall–Kier alpha value is -13.2. The third-order valence-electron chi connectivity index (χ3n) is 19.1. The van der Waals surface area contributed by atoms with E-state index in [0.717, 1.165) is 26.9 Å². The zero-order valence-electron chi connectivity index (χ0n) is 67.6. The van der Waals surface area contributed by atoms with Crippen molar-refractivity contribution in [3.05, 3.63) is 333 Å². The second-order valence-corrected chi connectivity index (χ2v) is 40.3. The summed E-state index contributed by atoms with van der Waals surface area (Å²) in [6.45, 7) is 2.72. The van der Waals surface area contributed by atoms with Crippen molar-refractivity contribution < 1.29 is 79.2 Å². The Morgan fingerprint density at radius 2 is 0.718 bits per heavy atom. The van der Waals surface area contributed by atoms with Gasteiger partial charge in [0.15, 0.2) is 17.2 Å². The van der Waals surface area contributed by atoms with Crippen molar-refractivity contribution in [3.8, 4) is 23.0 Å². The molecule has 0 aliphatic carbocycles. The molecule has 2 aliphatic heterocycles. The number of anilines is 6. The number of benzene rings is 11. The number of nitro benzene ring substituents is 1. The maximum absolute atomic E-state index is 13.0. The molecule has 32 nitrogen and oxygen atoms in total. The highest BCUT2D eigenvalue weighted by Gasteiger charge is 2.30. The fraction of sp³-hybridized carbons (Fsp3) is 0.0682. The molecule has 1 amide bonds. The van der Waals surface area contributed by atoms with Crippen molar-refractivity contribution in [2.75, 3.05) is 62.0 Å². The second kappa shape index (κ2) is 40.4. The molecular formula is C88H68Cl5N13O19S6. The normalized spacial score (nSPS) is 12.7. The van der Waals surface area contributed by atoms with Crippen LogP contribution in [0.1, 0.15) is 6.92 Å². The summed E-state index contributed by atoms with van der Waals surface area (Å²) >= 11 is 30.1. The lowest BCUT2D eigenvalue weighted by atomic mass is 10.2. The van der Waals surface area contributed by atoms with Crippen LogP contribution < -0.4 is 43.1 Å². The minimum absolute atomic E-state index is 0.0333. The molecule has 1 fully saturated rings. The minimum Gasteiger partial charge on any atom is -0.454 e. The maximum atomic E-state index is 13.0. The summed E-state index contributed by atoms with van der Waals surface area (Å²) in [4.78, 5) is 42.5. The third kappa shape index (κ3) is 22.8. The van der Waals surface area contributed by atoms with E-state index >= 15 is 0 Å². The van der Waals surface area contributed by atoms with Gasteiger partial charge in [0.25, 0.3) is 55.8 Å². The van der Waals surface area contributed by atoms with E-state index in [-0.39, 0.29) is 92.4 Å². The van der Waals surface area contributed by atoms with Gasteiger partial charge < -0.3 is 24.3 Å². The lowest BCUT2D eigenvalue weighted by Crippen LogP contribution is -2.40. The minimum atomic E-state index is -4.07. The number of rotatable bonds is 21. The summed E-state index contributed by atoms with van der Waals surface area (Å²) < 4.78 is 187. The number of para-hydroxylation sites is 5. The predicted octanol–water partition coefficient (Wildman–Crippen LogP) is 18.9. The van der Waals surface area contributed by atoms with Crippen LogP contribution >= 0.6 is 58.0 Å². The van der Waals surface area contributed by atoms with Gasteiger partial charge in [0.05, 0.1) is 124 Å². The van der Waals surface area contributed by atoms with Gasteiger partial charge in [-0.25, -0.2) is 50.5 Å². The summed E-state index contributed by atoms with van der Waals surface area (Å²) in [6, 6.07) is 70.2. The average Bonchev–Trinajstić information content (AvgIpc) is 1.46. The molecule has 0 unspecified atom stereocenters. The first kappa shape index (κ1) is 93.9. The van der Waals surface area contributed by atoms with Crippen molar-refractivity contribution in [2.24, 2.45) is 0 Å². The van der Waals surface area contributed by atoms with Crippen molar-refractivity contribution >= 4 is 218 Å². The lowest BCUT2D eigenvalue weighted by molar-refractivity contribution is -0.384. The molecule has 16 aromatic rings. The van der Waals surface area contributed by atoms with Gasteiger partial charge in [-0.15, -0.1) is 0 Å². The van der Waals surface area contributed by atoms with E-state index in [4.69, 9.17) is 77.0 Å². The smallest absolute Gasteiger partial charge is 0.288 e. The van der Waals surface area contributed by atoms with Gasteiger partial charge in [0.1, 0.15) is 10.8 Å². The van der Waals surface area contributed by atoms with E-state index in [1.807, 2.05) is 60.7 Å². The molecular weight excluding hydrogens is 1910 g/mol. The SMILES string of the molecule is CC(=O)Nc1ccc(S(=O)(=O)Nc2cccc3cccnc23)cc1.O=S(=O)(Nc1cccc2cccnc12)c1ccc(Cl)c(Cl)c1.O=S(=O)(Nc1cccc2cccnc12)c1ccc(S(=O)(=O)N2CCOCC2)cc1.O=S(=O)(Nc1cccc2cccnc12)c1ccc2c(c1)OCO2.O=[N+]([O-])c1ccc(Oc2c(Cl)cc(S(=O)(=O)Nc3cccc4cccnc34)cc2Cl)cc1Cl. The van der Waals surface area contributed by atoms with E-state index in [9.17, 15) is 65.4 Å². The summed E-state index contributed by atoms with van der Waals surface area (Å²) in [7, 11) is -22.9. The summed E-state index contributed by atoms with van der Waals surface area (Å²) in [6.07, 6.45) is 8.00.